The number of carboxylic acid groups (broad SMARTS) is 1. The summed E-state index contributed by atoms with van der Waals surface area (Å²) in [5.74, 6) is -1.39. The topological polar surface area (TPSA) is 142 Å². The molecule has 0 aliphatic rings. The van der Waals surface area contributed by atoms with Crippen molar-refractivity contribution in [2.75, 3.05) is 11.9 Å². The Labute approximate surface area is 107 Å². The molecule has 0 bridgehead atoms. The van der Waals surface area contributed by atoms with Crippen LogP contribution in [0.4, 0.5) is 16.2 Å². The lowest BCUT2D eigenvalue weighted by atomic mass is 10.3. The molecule has 0 aromatic heterocycles. The average Bonchev–Trinajstić information content (AvgIpc) is 2.35. The van der Waals surface area contributed by atoms with Crippen molar-refractivity contribution >= 4 is 23.4 Å². The fourth-order valence-corrected chi connectivity index (χ4v) is 1.21. The number of hydrogen-bond acceptors (Lipinski definition) is 5. The van der Waals surface area contributed by atoms with E-state index in [4.69, 9.17) is 10.2 Å². The summed E-state index contributed by atoms with van der Waals surface area (Å²) in [7, 11) is 0. The van der Waals surface area contributed by atoms with Crippen molar-refractivity contribution in [2.24, 2.45) is 0 Å². The summed E-state index contributed by atoms with van der Waals surface area (Å²) in [5, 5.41) is 32.1. The zero-order valence-electron chi connectivity index (χ0n) is 9.57. The Morgan fingerprint density at radius 1 is 1.42 bits per heavy atom. The van der Waals surface area contributed by atoms with Gasteiger partial charge in [0, 0.05) is 17.8 Å². The van der Waals surface area contributed by atoms with Gasteiger partial charge in [0.15, 0.2) is 6.04 Å². The number of anilines is 1. The van der Waals surface area contributed by atoms with Crippen LogP contribution in [0.25, 0.3) is 0 Å². The van der Waals surface area contributed by atoms with E-state index in [-0.39, 0.29) is 11.4 Å². The van der Waals surface area contributed by atoms with Crippen molar-refractivity contribution in [1.29, 1.82) is 0 Å². The summed E-state index contributed by atoms with van der Waals surface area (Å²) in [6.07, 6.45) is 0. The molecule has 1 aromatic rings. The maximum absolute atomic E-state index is 11.4. The molecule has 0 unspecified atom stereocenters. The van der Waals surface area contributed by atoms with Gasteiger partial charge in [-0.25, -0.2) is 9.59 Å². The molecule has 4 N–H and O–H groups in total. The molecule has 9 nitrogen and oxygen atoms in total. The van der Waals surface area contributed by atoms with Crippen LogP contribution >= 0.6 is 0 Å². The van der Waals surface area contributed by atoms with Crippen LogP contribution in [-0.4, -0.2) is 39.8 Å². The third-order valence-corrected chi connectivity index (χ3v) is 2.10. The van der Waals surface area contributed by atoms with Crippen LogP contribution in [0.15, 0.2) is 24.3 Å². The molecule has 0 saturated heterocycles. The van der Waals surface area contributed by atoms with E-state index in [9.17, 15) is 19.7 Å². The minimum atomic E-state index is -1.45. The van der Waals surface area contributed by atoms with Crippen molar-refractivity contribution in [2.45, 2.75) is 6.04 Å². The molecule has 0 heterocycles. The van der Waals surface area contributed by atoms with Crippen molar-refractivity contribution in [1.82, 2.24) is 5.32 Å². The summed E-state index contributed by atoms with van der Waals surface area (Å²) in [5.41, 5.74) is -0.0801. The monoisotopic (exact) mass is 269 g/mol. The number of nitro benzene ring substituents is 1. The van der Waals surface area contributed by atoms with Gasteiger partial charge in [0.2, 0.25) is 0 Å². The van der Waals surface area contributed by atoms with Crippen LogP contribution in [0.2, 0.25) is 0 Å². The number of nitrogens with one attached hydrogen (secondary N) is 2. The summed E-state index contributed by atoms with van der Waals surface area (Å²) in [6.45, 7) is -0.766. The molecule has 0 fully saturated rings. The minimum absolute atomic E-state index is 0.133. The highest BCUT2D eigenvalue weighted by Gasteiger charge is 2.18. The van der Waals surface area contributed by atoms with Gasteiger partial charge < -0.3 is 20.8 Å². The molecule has 9 heteroatoms. The van der Waals surface area contributed by atoms with Crippen molar-refractivity contribution in [3.8, 4) is 0 Å². The Bertz CT molecular complexity index is 504. The molecule has 2 amide bonds. The lowest BCUT2D eigenvalue weighted by Gasteiger charge is -2.12. The fraction of sp³-hybridized carbons (Fsp3) is 0.200. The van der Waals surface area contributed by atoms with Gasteiger partial charge in [-0.3, -0.25) is 10.1 Å². The molecule has 1 rings (SSSR count). The molecule has 1 atom stereocenters. The molecular weight excluding hydrogens is 258 g/mol. The van der Waals surface area contributed by atoms with Crippen LogP contribution in [0.3, 0.4) is 0 Å². The van der Waals surface area contributed by atoms with Gasteiger partial charge in [-0.2, -0.15) is 0 Å². The summed E-state index contributed by atoms with van der Waals surface area (Å²) < 4.78 is 0. The van der Waals surface area contributed by atoms with Crippen LogP contribution in [0, 0.1) is 10.1 Å². The first kappa shape index (κ1) is 14.4. The zero-order valence-corrected chi connectivity index (χ0v) is 9.57. The van der Waals surface area contributed by atoms with E-state index in [2.05, 4.69) is 5.32 Å². The summed E-state index contributed by atoms with van der Waals surface area (Å²) in [6, 6.07) is 2.81. The molecule has 1 aromatic carbocycles. The maximum atomic E-state index is 11.4. The van der Waals surface area contributed by atoms with Gasteiger partial charge in [0.25, 0.3) is 5.69 Å². The quantitative estimate of drug-likeness (QED) is 0.443. The first-order valence-corrected chi connectivity index (χ1v) is 5.09. The molecule has 0 aliphatic heterocycles. The lowest BCUT2D eigenvalue weighted by Crippen LogP contribution is -2.45. The van der Waals surface area contributed by atoms with Gasteiger partial charge in [0.1, 0.15) is 0 Å². The van der Waals surface area contributed by atoms with E-state index in [1.165, 1.54) is 18.2 Å². The number of urea groups is 1. The number of carboxylic acids is 1. The largest absolute Gasteiger partial charge is 0.480 e. The first-order chi connectivity index (χ1) is 8.93. The fourth-order valence-electron chi connectivity index (χ4n) is 1.21. The number of nitrogens with zero attached hydrogens (tertiary/aromatic N) is 1. The molecular formula is C10H11N3O6. The number of rotatable bonds is 5. The van der Waals surface area contributed by atoms with Crippen molar-refractivity contribution in [3.63, 3.8) is 0 Å². The van der Waals surface area contributed by atoms with Crippen LogP contribution in [0.1, 0.15) is 0 Å². The number of aliphatic carboxylic acids is 1. The Morgan fingerprint density at radius 2 is 2.11 bits per heavy atom. The van der Waals surface area contributed by atoms with E-state index in [1.807, 2.05) is 5.32 Å². The normalized spacial score (nSPS) is 11.4. The van der Waals surface area contributed by atoms with Crippen LogP contribution in [-0.2, 0) is 4.79 Å². The van der Waals surface area contributed by atoms with Crippen LogP contribution < -0.4 is 10.6 Å². The predicted molar refractivity (Wildman–Crippen MR) is 63.8 cm³/mol. The molecule has 0 saturated carbocycles. The maximum Gasteiger partial charge on any atom is 0.328 e. The SMILES string of the molecule is O=C(Nc1cccc([N+](=O)[O-])c1)N[C@@H](CO)C(=O)O. The van der Waals surface area contributed by atoms with E-state index in [0.717, 1.165) is 6.07 Å². The molecule has 0 spiro atoms. The van der Waals surface area contributed by atoms with Gasteiger partial charge in [-0.1, -0.05) is 6.07 Å². The Hall–Kier alpha value is -2.68. The number of aliphatic hydroxyl groups is 1. The lowest BCUT2D eigenvalue weighted by molar-refractivity contribution is -0.384. The average molecular weight is 269 g/mol. The van der Waals surface area contributed by atoms with Crippen LogP contribution in [0.5, 0.6) is 0 Å². The summed E-state index contributed by atoms with van der Waals surface area (Å²) >= 11 is 0. The third-order valence-electron chi connectivity index (χ3n) is 2.10. The van der Waals surface area contributed by atoms with Gasteiger partial charge in [-0.15, -0.1) is 0 Å². The molecule has 102 valence electrons. The number of nitro groups is 1. The zero-order chi connectivity index (χ0) is 14.4. The first-order valence-electron chi connectivity index (χ1n) is 5.09. The third kappa shape index (κ3) is 4.24. The van der Waals surface area contributed by atoms with Gasteiger partial charge in [-0.05, 0) is 6.07 Å². The molecule has 0 aliphatic carbocycles. The minimum Gasteiger partial charge on any atom is -0.480 e. The van der Waals surface area contributed by atoms with Gasteiger partial charge >= 0.3 is 12.0 Å². The smallest absolute Gasteiger partial charge is 0.328 e. The van der Waals surface area contributed by atoms with E-state index in [1.54, 1.807) is 0 Å². The number of amides is 2. The van der Waals surface area contributed by atoms with E-state index < -0.39 is 29.6 Å². The van der Waals surface area contributed by atoms with E-state index >= 15 is 0 Å². The van der Waals surface area contributed by atoms with Crippen molar-refractivity contribution < 1.29 is 24.7 Å². The molecule has 0 radical (unpaired) electrons. The second-order valence-electron chi connectivity index (χ2n) is 3.48. The number of benzene rings is 1. The second kappa shape index (κ2) is 6.31. The van der Waals surface area contributed by atoms with Gasteiger partial charge in [0.05, 0.1) is 11.5 Å². The van der Waals surface area contributed by atoms with E-state index in [0.29, 0.717) is 0 Å². The summed E-state index contributed by atoms with van der Waals surface area (Å²) in [4.78, 5) is 31.9. The molecule has 19 heavy (non-hydrogen) atoms. The number of non-ortho nitro benzene ring substituents is 1. The Kier molecular flexibility index (Phi) is 4.77. The highest BCUT2D eigenvalue weighted by atomic mass is 16.6. The second-order valence-corrected chi connectivity index (χ2v) is 3.48. The number of hydrogen-bond donors (Lipinski definition) is 4. The number of carbonyl (C=O) groups excluding carboxylic acids is 1. The highest BCUT2D eigenvalue weighted by Crippen LogP contribution is 2.16. The number of carbonyl (C=O) groups is 2. The number of aliphatic hydroxyl groups excluding tert-OH is 1. The Morgan fingerprint density at radius 3 is 2.63 bits per heavy atom. The predicted octanol–water partition coefficient (Wildman–Crippen LogP) is 0.162. The standard InChI is InChI=1S/C10H11N3O6/c14-5-8(9(15)16)12-10(17)11-6-2-1-3-7(4-6)13(18)19/h1-4,8,14H,5H2,(H,15,16)(H2,11,12,17)/t8-/m0/s1. The Balaban J connectivity index is 2.69. The van der Waals surface area contributed by atoms with Crippen molar-refractivity contribution in [3.05, 3.63) is 34.4 Å². The highest BCUT2D eigenvalue weighted by molar-refractivity contribution is 5.92.